The van der Waals surface area contributed by atoms with E-state index in [9.17, 15) is 23.8 Å². The fourth-order valence-corrected chi connectivity index (χ4v) is 11.7. The number of carbonyl (C=O) groups is 3. The van der Waals surface area contributed by atoms with Gasteiger partial charge in [0, 0.05) is 12.8 Å². The molecule has 0 aromatic heterocycles. The number of rotatable bonds is 68. The van der Waals surface area contributed by atoms with E-state index in [0.717, 1.165) is 38.5 Å². The third-order valence-electron chi connectivity index (χ3n) is 16.4. The van der Waals surface area contributed by atoms with Crippen molar-refractivity contribution in [1.82, 2.24) is 0 Å². The maximum absolute atomic E-state index is 12.8. The SMILES string of the molecule is CCCCCCCCCCCCCCCCCCCCCCCCCCCCCCC(=O)OC[C@H](COP(=O)(O)OC[C@H](N)C(=O)O)OC(=O)CCCCCCCCCCCCCCCCCCCCCCCCCCCCCC. The van der Waals surface area contributed by atoms with Gasteiger partial charge in [-0.3, -0.25) is 23.4 Å². The van der Waals surface area contributed by atoms with Crippen LogP contribution in [0.2, 0.25) is 0 Å². The molecule has 0 aliphatic heterocycles. The first kappa shape index (κ1) is 78.5. The predicted molar refractivity (Wildman–Crippen MR) is 337 cm³/mol. The van der Waals surface area contributed by atoms with Gasteiger partial charge >= 0.3 is 25.7 Å². The number of esters is 2. The Hall–Kier alpha value is -1.52. The predicted octanol–water partition coefficient (Wildman–Crippen LogP) is 21.7. The number of carboxylic acids is 1. The van der Waals surface area contributed by atoms with Crippen molar-refractivity contribution in [1.29, 1.82) is 0 Å². The number of hydrogen-bond donors (Lipinski definition) is 3. The molecule has 0 aromatic rings. The van der Waals surface area contributed by atoms with Gasteiger partial charge in [-0.2, -0.15) is 0 Å². The van der Waals surface area contributed by atoms with Crippen molar-refractivity contribution in [2.45, 2.75) is 398 Å². The van der Waals surface area contributed by atoms with Crippen LogP contribution in [0.5, 0.6) is 0 Å². The molecule has 0 spiro atoms. The summed E-state index contributed by atoms with van der Waals surface area (Å²) in [5.41, 5.74) is 5.39. The van der Waals surface area contributed by atoms with E-state index in [0.29, 0.717) is 12.8 Å². The van der Waals surface area contributed by atoms with E-state index in [-0.39, 0.29) is 19.4 Å². The van der Waals surface area contributed by atoms with Crippen LogP contribution >= 0.6 is 7.82 Å². The number of ether oxygens (including phenoxy) is 2. The van der Waals surface area contributed by atoms with E-state index in [1.165, 1.54) is 308 Å². The molecule has 0 saturated carbocycles. The van der Waals surface area contributed by atoms with Gasteiger partial charge in [-0.1, -0.05) is 361 Å². The monoisotopic (exact) mass is 1160 g/mol. The topological polar surface area (TPSA) is 172 Å². The summed E-state index contributed by atoms with van der Waals surface area (Å²) in [6, 6.07) is -1.52. The molecule has 4 N–H and O–H groups in total. The van der Waals surface area contributed by atoms with Crippen molar-refractivity contribution >= 4 is 25.7 Å². The minimum Gasteiger partial charge on any atom is -0.480 e. The molecule has 11 nitrogen and oxygen atoms in total. The third-order valence-corrected chi connectivity index (χ3v) is 17.3. The van der Waals surface area contributed by atoms with Crippen molar-refractivity contribution in [3.63, 3.8) is 0 Å². The van der Waals surface area contributed by atoms with Gasteiger partial charge in [0.1, 0.15) is 12.6 Å². The summed E-state index contributed by atoms with van der Waals surface area (Å²) >= 11 is 0. The van der Waals surface area contributed by atoms with Crippen LogP contribution in [0.1, 0.15) is 386 Å². The molecule has 12 heteroatoms. The Morgan fingerprint density at radius 1 is 0.338 bits per heavy atom. The van der Waals surface area contributed by atoms with Crippen molar-refractivity contribution < 1.29 is 47.5 Å². The average molecular weight is 1160 g/mol. The highest BCUT2D eigenvalue weighted by Gasteiger charge is 2.28. The molecule has 0 radical (unpaired) electrons. The highest BCUT2D eigenvalue weighted by atomic mass is 31.2. The third kappa shape index (κ3) is 62.5. The van der Waals surface area contributed by atoms with Crippen LogP contribution in [0.3, 0.4) is 0 Å². The van der Waals surface area contributed by atoms with Crippen LogP contribution in [0.15, 0.2) is 0 Å². The number of phosphoric acid groups is 1. The minimum atomic E-state index is -4.73. The largest absolute Gasteiger partial charge is 0.480 e. The maximum atomic E-state index is 12.8. The lowest BCUT2D eigenvalue weighted by molar-refractivity contribution is -0.161. The number of carbonyl (C=O) groups excluding carboxylic acids is 2. The van der Waals surface area contributed by atoms with Gasteiger partial charge in [-0.25, -0.2) is 4.57 Å². The standard InChI is InChI=1S/C68H134NO10P/c1-3-5-7-9-11-13-15-17-19-21-23-25-27-29-31-33-35-37-39-41-43-45-47-49-51-53-55-57-59-66(70)76-61-64(62-77-80(74,75)78-63-65(69)68(72)73)79-67(71)60-58-56-54-52-50-48-46-44-42-40-38-36-34-32-30-28-26-24-22-20-18-16-14-12-10-8-6-4-2/h64-65H,3-63,69H2,1-2H3,(H,72,73)(H,74,75)/t64-,65+/m1/s1. The fourth-order valence-electron chi connectivity index (χ4n) is 11.0. The van der Waals surface area contributed by atoms with Crippen LogP contribution in [-0.2, 0) is 37.5 Å². The molecule has 0 amide bonds. The molecule has 0 aromatic carbocycles. The van der Waals surface area contributed by atoms with Crippen molar-refractivity contribution in [2.75, 3.05) is 19.8 Å². The minimum absolute atomic E-state index is 0.171. The van der Waals surface area contributed by atoms with E-state index in [4.69, 9.17) is 29.4 Å². The number of hydrogen-bond acceptors (Lipinski definition) is 9. The number of phosphoric ester groups is 1. The molecule has 0 saturated heterocycles. The van der Waals surface area contributed by atoms with E-state index < -0.39 is 51.1 Å². The second kappa shape index (κ2) is 63.5. The van der Waals surface area contributed by atoms with E-state index in [1.54, 1.807) is 0 Å². The Morgan fingerprint density at radius 3 is 0.787 bits per heavy atom. The van der Waals surface area contributed by atoms with Crippen LogP contribution in [0.25, 0.3) is 0 Å². The molecule has 3 atom stereocenters. The molecule has 0 fully saturated rings. The molecule has 0 rings (SSSR count). The lowest BCUT2D eigenvalue weighted by Crippen LogP contribution is -2.34. The maximum Gasteiger partial charge on any atom is 0.472 e. The lowest BCUT2D eigenvalue weighted by Gasteiger charge is -2.20. The van der Waals surface area contributed by atoms with E-state index >= 15 is 0 Å². The number of carboxylic acid groups (broad SMARTS) is 1. The Morgan fingerprint density at radius 2 is 0.550 bits per heavy atom. The van der Waals surface area contributed by atoms with Gasteiger partial charge in [-0.05, 0) is 12.8 Å². The van der Waals surface area contributed by atoms with Gasteiger partial charge in [0.15, 0.2) is 6.10 Å². The van der Waals surface area contributed by atoms with Gasteiger partial charge in [0.2, 0.25) is 0 Å². The Bertz CT molecular complexity index is 1350. The number of aliphatic carboxylic acids is 1. The van der Waals surface area contributed by atoms with Gasteiger partial charge < -0.3 is 25.2 Å². The van der Waals surface area contributed by atoms with Gasteiger partial charge in [-0.15, -0.1) is 0 Å². The highest BCUT2D eigenvalue weighted by molar-refractivity contribution is 7.47. The molecule has 1 unspecified atom stereocenters. The first-order valence-electron chi connectivity index (χ1n) is 35.1. The van der Waals surface area contributed by atoms with Gasteiger partial charge in [0.25, 0.3) is 0 Å². The quantitative estimate of drug-likeness (QED) is 0.0301. The van der Waals surface area contributed by atoms with Crippen molar-refractivity contribution in [3.05, 3.63) is 0 Å². The molecular formula is C68H134NO10P. The smallest absolute Gasteiger partial charge is 0.472 e. The van der Waals surface area contributed by atoms with E-state index in [1.807, 2.05) is 0 Å². The lowest BCUT2D eigenvalue weighted by atomic mass is 10.0. The fraction of sp³-hybridized carbons (Fsp3) is 0.956. The first-order valence-corrected chi connectivity index (χ1v) is 36.6. The molecular weight excluding hydrogens is 1020 g/mol. The molecule has 0 bridgehead atoms. The number of unbranched alkanes of at least 4 members (excludes halogenated alkanes) is 54. The average Bonchev–Trinajstić information content (AvgIpc) is 3.44. The van der Waals surface area contributed by atoms with Crippen molar-refractivity contribution in [2.24, 2.45) is 5.73 Å². The summed E-state index contributed by atoms with van der Waals surface area (Å²) < 4.78 is 33.1. The van der Waals surface area contributed by atoms with Crippen LogP contribution < -0.4 is 5.73 Å². The normalized spacial score (nSPS) is 13.2. The summed E-state index contributed by atoms with van der Waals surface area (Å²) in [6.07, 6.45) is 73.6. The van der Waals surface area contributed by atoms with Crippen LogP contribution in [0, 0.1) is 0 Å². The van der Waals surface area contributed by atoms with Crippen LogP contribution in [-0.4, -0.2) is 59.9 Å². The number of nitrogens with two attached hydrogens (primary N) is 1. The zero-order valence-electron chi connectivity index (χ0n) is 53.0. The highest BCUT2D eigenvalue weighted by Crippen LogP contribution is 2.43. The van der Waals surface area contributed by atoms with E-state index in [2.05, 4.69) is 13.8 Å². The Balaban J connectivity index is 3.97. The second-order valence-corrected chi connectivity index (χ2v) is 25.8. The van der Waals surface area contributed by atoms with Crippen LogP contribution in [0.4, 0.5) is 0 Å². The second-order valence-electron chi connectivity index (χ2n) is 24.4. The molecule has 0 aliphatic carbocycles. The molecule has 0 heterocycles. The Labute approximate surface area is 495 Å². The summed E-state index contributed by atoms with van der Waals surface area (Å²) in [6.45, 7) is 2.92. The first-order chi connectivity index (χ1) is 39.1. The molecule has 476 valence electrons. The molecule has 0 aliphatic rings. The summed E-state index contributed by atoms with van der Waals surface area (Å²) in [7, 11) is -4.73. The summed E-state index contributed by atoms with van der Waals surface area (Å²) in [5.74, 6) is -2.34. The van der Waals surface area contributed by atoms with Gasteiger partial charge in [0.05, 0.1) is 13.2 Å². The summed E-state index contributed by atoms with van der Waals surface area (Å²) in [4.78, 5) is 46.6. The zero-order chi connectivity index (χ0) is 58.3. The molecule has 80 heavy (non-hydrogen) atoms. The zero-order valence-corrected chi connectivity index (χ0v) is 53.9. The Kier molecular flexibility index (Phi) is 62.3. The van der Waals surface area contributed by atoms with Crippen molar-refractivity contribution in [3.8, 4) is 0 Å². The summed E-state index contributed by atoms with van der Waals surface area (Å²) in [5, 5.41) is 8.98.